The number of nitrogens with zero attached hydrogens (tertiary/aromatic N) is 2. The van der Waals surface area contributed by atoms with Gasteiger partial charge in [0.05, 0.1) is 17.8 Å². The van der Waals surface area contributed by atoms with E-state index in [1.165, 1.54) is 24.3 Å². The minimum absolute atomic E-state index is 0.0638. The van der Waals surface area contributed by atoms with Crippen LogP contribution in [0.3, 0.4) is 0 Å². The van der Waals surface area contributed by atoms with E-state index in [2.05, 4.69) is 51.7 Å². The number of hydrogen-bond donors (Lipinski definition) is 6. The third kappa shape index (κ3) is 7.13. The van der Waals surface area contributed by atoms with Gasteiger partial charge >= 0.3 is 0 Å². The van der Waals surface area contributed by atoms with Crippen LogP contribution in [-0.4, -0.2) is 62.5 Å². The van der Waals surface area contributed by atoms with Gasteiger partial charge in [0, 0.05) is 30.9 Å². The average molecular weight is 621 g/mol. The molecular weight excluding hydrogens is 584 g/mol. The van der Waals surface area contributed by atoms with Gasteiger partial charge in [0.15, 0.2) is 23.0 Å². The predicted molar refractivity (Wildman–Crippen MR) is 175 cm³/mol. The summed E-state index contributed by atoms with van der Waals surface area (Å²) in [7, 11) is 0. The van der Waals surface area contributed by atoms with Crippen molar-refractivity contribution in [3.05, 3.63) is 131 Å². The number of benzene rings is 4. The van der Waals surface area contributed by atoms with Crippen LogP contribution in [0.5, 0.6) is 23.0 Å². The maximum Gasteiger partial charge on any atom is 0.252 e. The molecule has 1 aliphatic rings. The summed E-state index contributed by atoms with van der Waals surface area (Å²) in [4.78, 5) is 33.5. The Labute approximate surface area is 267 Å². The molecule has 5 rings (SSSR count). The van der Waals surface area contributed by atoms with E-state index < -0.39 is 29.1 Å². The highest BCUT2D eigenvalue weighted by Gasteiger charge is 2.35. The van der Waals surface area contributed by atoms with Crippen molar-refractivity contribution in [2.45, 2.75) is 31.3 Å². The van der Waals surface area contributed by atoms with E-state index in [1.807, 2.05) is 42.6 Å². The summed E-state index contributed by atoms with van der Waals surface area (Å²) in [6, 6.07) is 27.3. The monoisotopic (exact) mass is 620 g/mol. The van der Waals surface area contributed by atoms with Gasteiger partial charge in [-0.15, -0.1) is 0 Å². The maximum atomic E-state index is 13.5. The molecule has 1 atom stereocenters. The van der Waals surface area contributed by atoms with Gasteiger partial charge in [0.25, 0.3) is 5.91 Å². The molecule has 0 saturated heterocycles. The zero-order valence-electron chi connectivity index (χ0n) is 25.3. The van der Waals surface area contributed by atoms with Crippen molar-refractivity contribution in [1.82, 2.24) is 15.5 Å². The highest BCUT2D eigenvalue weighted by atomic mass is 16.3. The fourth-order valence-electron chi connectivity index (χ4n) is 5.46. The fourth-order valence-corrected chi connectivity index (χ4v) is 5.46. The van der Waals surface area contributed by atoms with Crippen LogP contribution in [-0.2, 0) is 16.8 Å². The Hall–Kier alpha value is -5.77. The van der Waals surface area contributed by atoms with Crippen molar-refractivity contribution in [3.63, 3.8) is 0 Å². The molecule has 10 nitrogen and oxygen atoms in total. The van der Waals surface area contributed by atoms with Crippen LogP contribution in [0.25, 0.3) is 0 Å². The molecule has 1 heterocycles. The highest BCUT2D eigenvalue weighted by Crippen LogP contribution is 2.37. The van der Waals surface area contributed by atoms with E-state index in [0.717, 1.165) is 17.2 Å². The van der Waals surface area contributed by atoms with Crippen molar-refractivity contribution in [2.24, 2.45) is 4.99 Å². The number of phenols is 4. The number of aromatic hydroxyl groups is 4. The molecule has 0 aliphatic carbocycles. The summed E-state index contributed by atoms with van der Waals surface area (Å²) < 4.78 is 0. The Balaban J connectivity index is 1.40. The summed E-state index contributed by atoms with van der Waals surface area (Å²) >= 11 is 0. The maximum absolute atomic E-state index is 13.5. The third-order valence-corrected chi connectivity index (χ3v) is 8.11. The normalized spacial score (nSPS) is 13.5. The summed E-state index contributed by atoms with van der Waals surface area (Å²) in [5.41, 5.74) is 2.91. The molecule has 46 heavy (non-hydrogen) atoms. The first-order valence-electron chi connectivity index (χ1n) is 14.9. The van der Waals surface area contributed by atoms with Crippen molar-refractivity contribution < 1.29 is 30.0 Å². The summed E-state index contributed by atoms with van der Waals surface area (Å²) in [6.45, 7) is 2.85. The molecule has 0 radical (unpaired) electrons. The second kappa shape index (κ2) is 13.9. The highest BCUT2D eigenvalue weighted by molar-refractivity contribution is 5.98. The van der Waals surface area contributed by atoms with Gasteiger partial charge in [0.1, 0.15) is 6.04 Å². The first-order valence-corrected chi connectivity index (χ1v) is 14.9. The Morgan fingerprint density at radius 1 is 0.826 bits per heavy atom. The van der Waals surface area contributed by atoms with E-state index in [4.69, 9.17) is 0 Å². The summed E-state index contributed by atoms with van der Waals surface area (Å²) in [5.74, 6) is -2.39. The molecule has 0 aromatic heterocycles. The number of phenolic OH excluding ortho intramolecular Hbond substituents is 4. The Morgan fingerprint density at radius 2 is 1.43 bits per heavy atom. The van der Waals surface area contributed by atoms with Crippen LogP contribution in [0.2, 0.25) is 0 Å². The Kier molecular flexibility index (Phi) is 9.56. The minimum Gasteiger partial charge on any atom is -0.504 e. The number of hydrogen-bond acceptors (Lipinski definition) is 8. The van der Waals surface area contributed by atoms with Crippen LogP contribution in [0, 0.1) is 0 Å². The van der Waals surface area contributed by atoms with Gasteiger partial charge in [-0.05, 0) is 60.4 Å². The fraction of sp³-hybridized carbons (Fsp3) is 0.194. The van der Waals surface area contributed by atoms with Crippen molar-refractivity contribution in [2.75, 3.05) is 13.1 Å². The number of amides is 2. The lowest BCUT2D eigenvalue weighted by Gasteiger charge is -2.42. The van der Waals surface area contributed by atoms with Gasteiger partial charge in [-0.2, -0.15) is 0 Å². The van der Waals surface area contributed by atoms with Crippen LogP contribution in [0.1, 0.15) is 40.4 Å². The van der Waals surface area contributed by atoms with E-state index in [-0.39, 0.29) is 35.8 Å². The van der Waals surface area contributed by atoms with Crippen molar-refractivity contribution in [1.29, 1.82) is 0 Å². The van der Waals surface area contributed by atoms with Gasteiger partial charge in [-0.3, -0.25) is 14.6 Å². The molecule has 0 saturated carbocycles. The number of carbonyl (C=O) groups excluding carboxylic acids is 2. The van der Waals surface area contributed by atoms with Gasteiger partial charge < -0.3 is 36.0 Å². The molecular formula is C36H36N4O6. The molecule has 0 bridgehead atoms. The zero-order chi connectivity index (χ0) is 32.7. The lowest BCUT2D eigenvalue weighted by Crippen LogP contribution is -2.48. The molecule has 0 spiro atoms. The molecule has 4 aromatic rings. The predicted octanol–water partition coefficient (Wildman–Crippen LogP) is 4.55. The van der Waals surface area contributed by atoms with E-state index in [1.54, 1.807) is 12.3 Å². The van der Waals surface area contributed by atoms with E-state index >= 15 is 0 Å². The molecule has 4 aromatic carbocycles. The van der Waals surface area contributed by atoms with Crippen LogP contribution >= 0.6 is 0 Å². The van der Waals surface area contributed by atoms with Gasteiger partial charge in [-0.1, -0.05) is 66.7 Å². The zero-order valence-corrected chi connectivity index (χ0v) is 25.3. The third-order valence-electron chi connectivity index (χ3n) is 8.11. The van der Waals surface area contributed by atoms with Crippen LogP contribution in [0.4, 0.5) is 0 Å². The number of aliphatic imine (C=N–C) groups is 1. The molecule has 10 heteroatoms. The smallest absolute Gasteiger partial charge is 0.252 e. The Bertz CT molecular complexity index is 1720. The lowest BCUT2D eigenvalue weighted by atomic mass is 9.83. The largest absolute Gasteiger partial charge is 0.504 e. The SMILES string of the molecule is CC(c1ccccc1)(c1ccccc1)N1C=C(C[C@H](NC(=O)c2ccc(O)c(O)c2)C(=O)NCCc2ccc(O)c(O)c2)N=CC1. The second-order valence-electron chi connectivity index (χ2n) is 11.2. The van der Waals surface area contributed by atoms with E-state index in [0.29, 0.717) is 24.2 Å². The molecule has 0 fully saturated rings. The molecule has 236 valence electrons. The van der Waals surface area contributed by atoms with E-state index in [9.17, 15) is 30.0 Å². The lowest BCUT2D eigenvalue weighted by molar-refractivity contribution is -0.122. The summed E-state index contributed by atoms with van der Waals surface area (Å²) in [6.07, 6.45) is 4.13. The van der Waals surface area contributed by atoms with Crippen LogP contribution in [0.15, 0.2) is 114 Å². The van der Waals surface area contributed by atoms with Crippen molar-refractivity contribution >= 4 is 18.0 Å². The van der Waals surface area contributed by atoms with Gasteiger partial charge in [0.2, 0.25) is 5.91 Å². The Morgan fingerprint density at radius 3 is 2.04 bits per heavy atom. The molecule has 6 N–H and O–H groups in total. The standard InChI is InChI=1S/C36H36N4O6/c1-36(26-8-4-2-5-9-26,27-10-6-3-7-11-27)40-19-18-37-28(23-40)22-29(39-34(45)25-13-15-31(42)33(44)21-25)35(46)38-17-16-24-12-14-30(41)32(43)20-24/h2-15,18,20-21,23,29,41-44H,16-17,19,22H2,1H3,(H,38,46)(H,39,45)/t29-/m0/s1. The minimum atomic E-state index is -1.04. The second-order valence-corrected chi connectivity index (χ2v) is 11.2. The molecule has 1 aliphatic heterocycles. The number of nitrogens with one attached hydrogen (secondary N) is 2. The quantitative estimate of drug-likeness (QED) is 0.135. The summed E-state index contributed by atoms with van der Waals surface area (Å²) in [5, 5.41) is 44.6. The number of rotatable bonds is 11. The molecule has 2 amide bonds. The van der Waals surface area contributed by atoms with Crippen molar-refractivity contribution in [3.8, 4) is 23.0 Å². The van der Waals surface area contributed by atoms with Crippen LogP contribution < -0.4 is 10.6 Å². The first-order chi connectivity index (χ1) is 22.1. The first kappa shape index (κ1) is 31.6. The number of carbonyl (C=O) groups is 2. The average Bonchev–Trinajstić information content (AvgIpc) is 3.07. The topological polar surface area (TPSA) is 155 Å². The van der Waals surface area contributed by atoms with Gasteiger partial charge in [-0.25, -0.2) is 0 Å². The molecule has 0 unspecified atom stereocenters.